The summed E-state index contributed by atoms with van der Waals surface area (Å²) in [4.78, 5) is 20.8. The Labute approximate surface area is 147 Å². The van der Waals surface area contributed by atoms with Gasteiger partial charge in [-0.25, -0.2) is 9.67 Å². The Morgan fingerprint density at radius 3 is 3.00 bits per heavy atom. The Hall–Kier alpha value is -2.48. The van der Waals surface area contributed by atoms with Gasteiger partial charge in [0, 0.05) is 39.3 Å². The number of hydrogen-bond donors (Lipinski definition) is 1. The quantitative estimate of drug-likeness (QED) is 0.856. The van der Waals surface area contributed by atoms with E-state index in [4.69, 9.17) is 5.11 Å². The molecular formula is C17H24N6O2. The summed E-state index contributed by atoms with van der Waals surface area (Å²) >= 11 is 0. The van der Waals surface area contributed by atoms with E-state index >= 15 is 0 Å². The Kier molecular flexibility index (Phi) is 5.28. The molecule has 1 aliphatic rings. The summed E-state index contributed by atoms with van der Waals surface area (Å²) in [5.74, 6) is 1.28. The van der Waals surface area contributed by atoms with Crippen molar-refractivity contribution in [1.29, 1.82) is 0 Å². The zero-order valence-electron chi connectivity index (χ0n) is 14.7. The minimum absolute atomic E-state index is 0.0287. The number of rotatable bonds is 5. The van der Waals surface area contributed by atoms with Gasteiger partial charge in [0.05, 0.1) is 12.8 Å². The number of aliphatic hydroxyl groups excluding tert-OH is 1. The molecule has 0 radical (unpaired) electrons. The van der Waals surface area contributed by atoms with Crippen LogP contribution in [0.1, 0.15) is 30.0 Å². The number of carbonyl (C=O) groups excluding carboxylic acids is 1. The zero-order valence-corrected chi connectivity index (χ0v) is 14.7. The van der Waals surface area contributed by atoms with Crippen molar-refractivity contribution in [1.82, 2.24) is 24.9 Å². The fourth-order valence-electron chi connectivity index (χ4n) is 3.14. The lowest BCUT2D eigenvalue weighted by Gasteiger charge is -2.33. The smallest absolute Gasteiger partial charge is 0.244 e. The van der Waals surface area contributed by atoms with E-state index in [0.717, 1.165) is 25.2 Å². The number of likely N-dealkylation sites (tertiary alicyclic amines) is 1. The summed E-state index contributed by atoms with van der Waals surface area (Å²) in [7, 11) is 3.95. The van der Waals surface area contributed by atoms with Gasteiger partial charge in [-0.3, -0.25) is 4.79 Å². The maximum atomic E-state index is 12.6. The number of pyridine rings is 1. The van der Waals surface area contributed by atoms with E-state index in [-0.39, 0.29) is 19.1 Å². The van der Waals surface area contributed by atoms with Gasteiger partial charge in [-0.15, -0.1) is 5.10 Å². The van der Waals surface area contributed by atoms with Crippen LogP contribution in [0, 0.1) is 0 Å². The van der Waals surface area contributed by atoms with Crippen molar-refractivity contribution in [3.63, 3.8) is 0 Å². The van der Waals surface area contributed by atoms with Crippen LogP contribution in [0.25, 0.3) is 0 Å². The molecule has 1 aliphatic heterocycles. The molecule has 1 saturated heterocycles. The number of piperidine rings is 1. The summed E-state index contributed by atoms with van der Waals surface area (Å²) in [6, 6.07) is 4.14. The molecule has 0 saturated carbocycles. The average molecular weight is 344 g/mol. The second-order valence-corrected chi connectivity index (χ2v) is 6.59. The second-order valence-electron chi connectivity index (χ2n) is 6.59. The molecule has 2 aromatic rings. The third-order valence-electron chi connectivity index (χ3n) is 4.52. The molecule has 1 atom stereocenters. The molecule has 2 aromatic heterocycles. The highest BCUT2D eigenvalue weighted by Crippen LogP contribution is 2.28. The van der Waals surface area contributed by atoms with E-state index in [1.165, 1.54) is 10.2 Å². The molecule has 0 aliphatic carbocycles. The SMILES string of the molecule is CN(C)c1cc(C2CCCN(C(=O)Cn3cc(CO)nn3)C2)ccn1. The minimum atomic E-state index is -0.170. The van der Waals surface area contributed by atoms with Crippen molar-refractivity contribution in [3.05, 3.63) is 35.8 Å². The number of aromatic nitrogens is 4. The van der Waals surface area contributed by atoms with Crippen LogP contribution in [0.2, 0.25) is 0 Å². The molecule has 1 amide bonds. The van der Waals surface area contributed by atoms with Crippen molar-refractivity contribution in [2.45, 2.75) is 31.9 Å². The summed E-state index contributed by atoms with van der Waals surface area (Å²) in [6.07, 6.45) is 5.48. The van der Waals surface area contributed by atoms with Gasteiger partial charge >= 0.3 is 0 Å². The van der Waals surface area contributed by atoms with Gasteiger partial charge in [-0.2, -0.15) is 0 Å². The Morgan fingerprint density at radius 2 is 2.28 bits per heavy atom. The van der Waals surface area contributed by atoms with Crippen LogP contribution >= 0.6 is 0 Å². The summed E-state index contributed by atoms with van der Waals surface area (Å²) in [5, 5.41) is 16.7. The fraction of sp³-hybridized carbons (Fsp3) is 0.529. The van der Waals surface area contributed by atoms with Crippen molar-refractivity contribution in [2.75, 3.05) is 32.1 Å². The second kappa shape index (κ2) is 7.60. The first-order chi connectivity index (χ1) is 12.1. The lowest BCUT2D eigenvalue weighted by Crippen LogP contribution is -2.41. The summed E-state index contributed by atoms with van der Waals surface area (Å²) < 4.78 is 1.48. The molecule has 3 rings (SSSR count). The van der Waals surface area contributed by atoms with Crippen molar-refractivity contribution < 1.29 is 9.90 Å². The summed E-state index contributed by atoms with van der Waals surface area (Å²) in [5.41, 5.74) is 1.69. The Balaban J connectivity index is 1.66. The van der Waals surface area contributed by atoms with Gasteiger partial charge < -0.3 is 14.9 Å². The first kappa shape index (κ1) is 17.3. The number of nitrogens with zero attached hydrogens (tertiary/aromatic N) is 6. The van der Waals surface area contributed by atoms with Crippen LogP contribution in [0.4, 0.5) is 5.82 Å². The number of anilines is 1. The van der Waals surface area contributed by atoms with Crippen LogP contribution in [-0.2, 0) is 17.9 Å². The molecule has 1 fully saturated rings. The highest BCUT2D eigenvalue weighted by Gasteiger charge is 2.25. The lowest BCUT2D eigenvalue weighted by atomic mass is 9.91. The molecule has 0 spiro atoms. The maximum absolute atomic E-state index is 12.6. The zero-order chi connectivity index (χ0) is 17.8. The monoisotopic (exact) mass is 344 g/mol. The van der Waals surface area contributed by atoms with E-state index in [0.29, 0.717) is 18.2 Å². The minimum Gasteiger partial charge on any atom is -0.390 e. The first-order valence-corrected chi connectivity index (χ1v) is 8.47. The number of aliphatic hydroxyl groups is 1. The predicted octanol–water partition coefficient (Wildman–Crippen LogP) is 0.638. The topological polar surface area (TPSA) is 87.4 Å². The lowest BCUT2D eigenvalue weighted by molar-refractivity contribution is -0.133. The number of hydrogen-bond acceptors (Lipinski definition) is 6. The van der Waals surface area contributed by atoms with Gasteiger partial charge in [0.15, 0.2) is 0 Å². The van der Waals surface area contributed by atoms with Crippen LogP contribution in [0.3, 0.4) is 0 Å². The van der Waals surface area contributed by atoms with Gasteiger partial charge in [-0.05, 0) is 30.5 Å². The highest BCUT2D eigenvalue weighted by atomic mass is 16.3. The van der Waals surface area contributed by atoms with Gasteiger partial charge in [0.1, 0.15) is 18.1 Å². The molecule has 0 bridgehead atoms. The fourth-order valence-corrected chi connectivity index (χ4v) is 3.14. The molecule has 8 heteroatoms. The van der Waals surface area contributed by atoms with Crippen LogP contribution in [0.15, 0.2) is 24.5 Å². The maximum Gasteiger partial charge on any atom is 0.244 e. The normalized spacial score (nSPS) is 17.6. The van der Waals surface area contributed by atoms with E-state index in [1.54, 1.807) is 6.20 Å². The summed E-state index contributed by atoms with van der Waals surface area (Å²) in [6.45, 7) is 1.45. The predicted molar refractivity (Wildman–Crippen MR) is 93.1 cm³/mol. The molecule has 8 nitrogen and oxygen atoms in total. The third kappa shape index (κ3) is 4.14. The van der Waals surface area contributed by atoms with E-state index in [2.05, 4.69) is 21.4 Å². The third-order valence-corrected chi connectivity index (χ3v) is 4.52. The van der Waals surface area contributed by atoms with Gasteiger partial charge in [-0.1, -0.05) is 5.21 Å². The molecule has 134 valence electrons. The van der Waals surface area contributed by atoms with Crippen molar-refractivity contribution in [3.8, 4) is 0 Å². The number of amides is 1. The number of carbonyl (C=O) groups is 1. The van der Waals surface area contributed by atoms with Crippen LogP contribution in [0.5, 0.6) is 0 Å². The van der Waals surface area contributed by atoms with E-state index < -0.39 is 0 Å². The van der Waals surface area contributed by atoms with Crippen molar-refractivity contribution >= 4 is 11.7 Å². The average Bonchev–Trinajstić information content (AvgIpc) is 3.09. The molecule has 1 N–H and O–H groups in total. The van der Waals surface area contributed by atoms with E-state index in [1.807, 2.05) is 36.2 Å². The first-order valence-electron chi connectivity index (χ1n) is 8.47. The van der Waals surface area contributed by atoms with Gasteiger partial charge in [0.2, 0.25) is 5.91 Å². The Bertz CT molecular complexity index is 729. The van der Waals surface area contributed by atoms with Crippen LogP contribution in [-0.4, -0.2) is 63.1 Å². The van der Waals surface area contributed by atoms with Gasteiger partial charge in [0.25, 0.3) is 0 Å². The molecule has 3 heterocycles. The largest absolute Gasteiger partial charge is 0.390 e. The van der Waals surface area contributed by atoms with Crippen molar-refractivity contribution in [2.24, 2.45) is 0 Å². The molecule has 0 aromatic carbocycles. The highest BCUT2D eigenvalue weighted by molar-refractivity contribution is 5.76. The van der Waals surface area contributed by atoms with Crippen LogP contribution < -0.4 is 4.90 Å². The molecule has 1 unspecified atom stereocenters. The Morgan fingerprint density at radius 1 is 1.44 bits per heavy atom. The standard InChI is InChI=1S/C17H24N6O2/c1-21(2)16-8-13(5-6-18-16)14-4-3-7-22(9-14)17(25)11-23-10-15(12-24)19-20-23/h5-6,8,10,14,24H,3-4,7,9,11-12H2,1-2H3. The molecule has 25 heavy (non-hydrogen) atoms. The van der Waals surface area contributed by atoms with E-state index in [9.17, 15) is 4.79 Å². The molecular weight excluding hydrogens is 320 g/mol.